The molecule has 0 aliphatic carbocycles. The highest BCUT2D eigenvalue weighted by Crippen LogP contribution is 2.27. The van der Waals surface area contributed by atoms with Crippen LogP contribution in [0.2, 0.25) is 0 Å². The van der Waals surface area contributed by atoms with E-state index in [1.165, 1.54) is 4.57 Å². The monoisotopic (exact) mass is 501 g/mol. The topological polar surface area (TPSA) is 101 Å². The van der Waals surface area contributed by atoms with Gasteiger partial charge in [-0.1, -0.05) is 12.1 Å². The zero-order valence-corrected chi connectivity index (χ0v) is 21.0. The number of amides is 1. The lowest BCUT2D eigenvalue weighted by Crippen LogP contribution is -2.38. The lowest BCUT2D eigenvalue weighted by atomic mass is 10.2. The van der Waals surface area contributed by atoms with E-state index < -0.39 is 18.4 Å². The van der Waals surface area contributed by atoms with Crippen molar-refractivity contribution in [3.05, 3.63) is 88.1 Å². The third-order valence-corrected chi connectivity index (χ3v) is 6.00. The third kappa shape index (κ3) is 5.22. The number of benzene rings is 2. The summed E-state index contributed by atoms with van der Waals surface area (Å²) in [7, 11) is 3.90. The molecule has 0 aliphatic rings. The molecule has 0 saturated heterocycles. The van der Waals surface area contributed by atoms with Crippen LogP contribution < -0.4 is 11.0 Å². The Morgan fingerprint density at radius 1 is 1.14 bits per heavy atom. The molecular formula is C27H28FN7O2. The Hall–Kier alpha value is -4.49. The van der Waals surface area contributed by atoms with Gasteiger partial charge in [0.2, 0.25) is 0 Å². The summed E-state index contributed by atoms with van der Waals surface area (Å²) in [5.74, 6) is 0. The van der Waals surface area contributed by atoms with Gasteiger partial charge in [-0.2, -0.15) is 10.4 Å². The SMILES string of the molecule is Cc1c(-c2ccnn2-c2ccc(C#N)cc2)n(C(=O)NCCCN(C)C)c(=O)n1-c1cccc(CF)c1. The summed E-state index contributed by atoms with van der Waals surface area (Å²) >= 11 is 0. The molecule has 1 N–H and O–H groups in total. The normalized spacial score (nSPS) is 11.0. The highest BCUT2D eigenvalue weighted by molar-refractivity contribution is 5.83. The van der Waals surface area contributed by atoms with Crippen LogP contribution in [0.25, 0.3) is 22.8 Å². The molecule has 0 atom stereocenters. The predicted molar refractivity (Wildman–Crippen MR) is 139 cm³/mol. The van der Waals surface area contributed by atoms with Crippen LogP contribution in [0.15, 0.2) is 65.6 Å². The van der Waals surface area contributed by atoms with Crippen LogP contribution in [0.1, 0.15) is 23.2 Å². The average Bonchev–Trinajstić information content (AvgIpc) is 3.48. The first-order chi connectivity index (χ1) is 17.8. The van der Waals surface area contributed by atoms with Crippen LogP contribution in [0.4, 0.5) is 9.18 Å². The van der Waals surface area contributed by atoms with Crippen LogP contribution >= 0.6 is 0 Å². The van der Waals surface area contributed by atoms with Gasteiger partial charge in [-0.3, -0.25) is 4.57 Å². The Morgan fingerprint density at radius 3 is 2.57 bits per heavy atom. The summed E-state index contributed by atoms with van der Waals surface area (Å²) in [4.78, 5) is 29.1. The van der Waals surface area contributed by atoms with Gasteiger partial charge in [-0.05, 0) is 82.0 Å². The Balaban J connectivity index is 1.86. The fraction of sp³-hybridized carbons (Fsp3) is 0.259. The molecule has 0 radical (unpaired) electrons. The Kier molecular flexibility index (Phi) is 7.65. The van der Waals surface area contributed by atoms with Crippen molar-refractivity contribution in [2.24, 2.45) is 0 Å². The number of carbonyl (C=O) groups excluding carboxylic acids is 1. The molecule has 0 saturated carbocycles. The van der Waals surface area contributed by atoms with Crippen LogP contribution in [0.5, 0.6) is 0 Å². The highest BCUT2D eigenvalue weighted by Gasteiger charge is 2.26. The molecule has 0 unspecified atom stereocenters. The first-order valence-electron chi connectivity index (χ1n) is 11.8. The summed E-state index contributed by atoms with van der Waals surface area (Å²) < 4.78 is 17.5. The minimum absolute atomic E-state index is 0.364. The van der Waals surface area contributed by atoms with Gasteiger partial charge < -0.3 is 10.2 Å². The number of hydrogen-bond donors (Lipinski definition) is 1. The van der Waals surface area contributed by atoms with E-state index >= 15 is 0 Å². The maximum atomic E-state index is 13.7. The van der Waals surface area contributed by atoms with Crippen molar-refractivity contribution in [2.45, 2.75) is 20.0 Å². The molecule has 4 aromatic rings. The summed E-state index contributed by atoms with van der Waals surface area (Å²) in [6, 6.07) is 16.7. The number of halogens is 1. The molecule has 4 rings (SSSR count). The van der Waals surface area contributed by atoms with E-state index in [-0.39, 0.29) is 0 Å². The van der Waals surface area contributed by atoms with Crippen molar-refractivity contribution in [2.75, 3.05) is 27.2 Å². The molecule has 1 amide bonds. The van der Waals surface area contributed by atoms with Crippen molar-refractivity contribution >= 4 is 6.03 Å². The molecule has 0 bridgehead atoms. The number of nitriles is 1. The molecule has 10 heteroatoms. The minimum Gasteiger partial charge on any atom is -0.337 e. The fourth-order valence-electron chi connectivity index (χ4n) is 4.21. The van der Waals surface area contributed by atoms with Crippen molar-refractivity contribution in [1.82, 2.24) is 29.1 Å². The van der Waals surface area contributed by atoms with Gasteiger partial charge >= 0.3 is 11.7 Å². The quantitative estimate of drug-likeness (QED) is 0.372. The predicted octanol–water partition coefficient (Wildman–Crippen LogP) is 3.65. The first kappa shape index (κ1) is 25.6. The van der Waals surface area contributed by atoms with Gasteiger partial charge in [0, 0.05) is 6.54 Å². The standard InChI is InChI=1S/C27H28FN7O2/c1-19-25(24-12-14-31-35(24)22-10-8-20(18-29)9-11-22)34(26(36)30-13-5-15-32(2)3)27(37)33(19)23-7-4-6-21(16-23)17-28/h4,6-12,14,16H,5,13,15,17H2,1-3H3,(H,30,36). The summed E-state index contributed by atoms with van der Waals surface area (Å²) in [5.41, 5.74) is 2.86. The van der Waals surface area contributed by atoms with Crippen LogP contribution in [0, 0.1) is 18.3 Å². The number of carbonyl (C=O) groups is 1. The summed E-state index contributed by atoms with van der Waals surface area (Å²) in [5, 5.41) is 16.4. The van der Waals surface area contributed by atoms with Crippen molar-refractivity contribution in [3.63, 3.8) is 0 Å². The molecule has 0 aliphatic heterocycles. The number of hydrogen-bond acceptors (Lipinski definition) is 5. The van der Waals surface area contributed by atoms with Gasteiger partial charge in [0.15, 0.2) is 0 Å². The average molecular weight is 502 g/mol. The number of nitrogens with one attached hydrogen (secondary N) is 1. The van der Waals surface area contributed by atoms with E-state index in [9.17, 15) is 14.0 Å². The molecule has 2 heterocycles. The van der Waals surface area contributed by atoms with E-state index in [2.05, 4.69) is 16.5 Å². The van der Waals surface area contributed by atoms with Crippen LogP contribution in [-0.4, -0.2) is 57.0 Å². The van der Waals surface area contributed by atoms with Gasteiger partial charge in [-0.15, -0.1) is 0 Å². The highest BCUT2D eigenvalue weighted by atomic mass is 19.1. The van der Waals surface area contributed by atoms with Gasteiger partial charge in [0.1, 0.15) is 12.4 Å². The second kappa shape index (κ2) is 11.1. The Labute approximate surface area is 214 Å². The largest absolute Gasteiger partial charge is 0.341 e. The number of rotatable bonds is 8. The van der Waals surface area contributed by atoms with Gasteiger partial charge in [-0.25, -0.2) is 23.2 Å². The number of alkyl halides is 1. The molecule has 0 spiro atoms. The van der Waals surface area contributed by atoms with E-state index in [0.717, 1.165) is 11.1 Å². The van der Waals surface area contributed by atoms with Gasteiger partial charge in [0.05, 0.1) is 40.6 Å². The molecule has 0 fully saturated rings. The Bertz CT molecular complexity index is 1510. The lowest BCUT2D eigenvalue weighted by Gasteiger charge is -2.12. The van der Waals surface area contributed by atoms with E-state index in [4.69, 9.17) is 5.26 Å². The minimum atomic E-state index is -0.674. The smallest absolute Gasteiger partial charge is 0.337 e. The molecular weight excluding hydrogens is 473 g/mol. The van der Waals surface area contributed by atoms with E-state index in [0.29, 0.717) is 52.5 Å². The van der Waals surface area contributed by atoms with Crippen LogP contribution in [0.3, 0.4) is 0 Å². The van der Waals surface area contributed by atoms with Crippen molar-refractivity contribution in [3.8, 4) is 28.8 Å². The maximum absolute atomic E-state index is 13.7. The molecule has 9 nitrogen and oxygen atoms in total. The van der Waals surface area contributed by atoms with E-state index in [1.807, 2.05) is 19.0 Å². The lowest BCUT2D eigenvalue weighted by molar-refractivity contribution is 0.241. The summed E-state index contributed by atoms with van der Waals surface area (Å²) in [6.45, 7) is 2.24. The number of aromatic nitrogens is 4. The first-order valence-corrected chi connectivity index (χ1v) is 11.8. The van der Waals surface area contributed by atoms with Crippen molar-refractivity contribution < 1.29 is 9.18 Å². The molecule has 190 valence electrons. The second-order valence-corrected chi connectivity index (χ2v) is 8.87. The van der Waals surface area contributed by atoms with Crippen molar-refractivity contribution in [1.29, 1.82) is 5.26 Å². The zero-order chi connectivity index (χ0) is 26.5. The van der Waals surface area contributed by atoms with E-state index in [1.54, 1.807) is 72.4 Å². The number of imidazole rings is 1. The Morgan fingerprint density at radius 2 is 1.89 bits per heavy atom. The fourth-order valence-corrected chi connectivity index (χ4v) is 4.21. The molecule has 2 aromatic carbocycles. The molecule has 37 heavy (non-hydrogen) atoms. The number of nitrogens with zero attached hydrogens (tertiary/aromatic N) is 6. The maximum Gasteiger partial charge on any atom is 0.341 e. The van der Waals surface area contributed by atoms with Crippen LogP contribution in [-0.2, 0) is 6.67 Å². The van der Waals surface area contributed by atoms with Gasteiger partial charge in [0.25, 0.3) is 0 Å². The summed E-state index contributed by atoms with van der Waals surface area (Å²) in [6.07, 6.45) is 2.29. The molecule has 2 aromatic heterocycles. The second-order valence-electron chi connectivity index (χ2n) is 8.87. The zero-order valence-electron chi connectivity index (χ0n) is 21.0. The third-order valence-electron chi connectivity index (χ3n) is 6.00.